The van der Waals surface area contributed by atoms with Gasteiger partial charge in [-0.25, -0.2) is 0 Å². The van der Waals surface area contributed by atoms with Crippen LogP contribution in [0, 0.1) is 0 Å². The van der Waals surface area contributed by atoms with Crippen molar-refractivity contribution in [2.24, 2.45) is 0 Å². The smallest absolute Gasteiger partial charge is 0.257 e. The molecule has 152 valence electrons. The first-order valence-corrected chi connectivity index (χ1v) is 11.9. The summed E-state index contributed by atoms with van der Waals surface area (Å²) in [4.78, 5) is 30.3. The number of carbonyl (C=O) groups is 1. The summed E-state index contributed by atoms with van der Waals surface area (Å²) in [5.41, 5.74) is 3.09. The highest BCUT2D eigenvalue weighted by Crippen LogP contribution is 2.27. The summed E-state index contributed by atoms with van der Waals surface area (Å²) in [6.45, 7) is 3.21. The van der Waals surface area contributed by atoms with Crippen molar-refractivity contribution in [1.29, 1.82) is 0 Å². The Morgan fingerprint density at radius 1 is 1.03 bits per heavy atom. The molecular weight excluding hydrogens is 414 g/mol. The highest BCUT2D eigenvalue weighted by Gasteiger charge is 2.12. The zero-order valence-electron chi connectivity index (χ0n) is 16.3. The Hall–Kier alpha value is -2.61. The Labute approximate surface area is 182 Å². The van der Waals surface area contributed by atoms with Crippen molar-refractivity contribution in [3.8, 4) is 0 Å². The molecule has 1 aliphatic heterocycles. The van der Waals surface area contributed by atoms with E-state index in [9.17, 15) is 9.59 Å². The molecule has 5 nitrogen and oxygen atoms in total. The number of rotatable bonds is 4. The number of hydrogen-bond acceptors (Lipinski definition) is 5. The molecule has 0 saturated carbocycles. The van der Waals surface area contributed by atoms with Crippen LogP contribution < -0.4 is 10.9 Å². The van der Waals surface area contributed by atoms with Crippen LogP contribution in [-0.2, 0) is 6.54 Å². The predicted molar refractivity (Wildman–Crippen MR) is 127 cm³/mol. The minimum absolute atomic E-state index is 0.126. The third-order valence-corrected chi connectivity index (χ3v) is 7.30. The Kier molecular flexibility index (Phi) is 5.33. The third-order valence-electron chi connectivity index (χ3n) is 5.41. The van der Waals surface area contributed by atoms with E-state index in [1.807, 2.05) is 41.4 Å². The number of nitrogens with one attached hydrogen (secondary N) is 2. The van der Waals surface area contributed by atoms with Gasteiger partial charge in [0.1, 0.15) is 0 Å². The fourth-order valence-electron chi connectivity index (χ4n) is 3.79. The van der Waals surface area contributed by atoms with E-state index in [1.165, 1.54) is 28.4 Å². The van der Waals surface area contributed by atoms with Gasteiger partial charge in [0.2, 0.25) is 0 Å². The lowest BCUT2D eigenvalue weighted by molar-refractivity contribution is 0.102. The average Bonchev–Trinajstić information content (AvgIpc) is 3.26. The van der Waals surface area contributed by atoms with Gasteiger partial charge >= 0.3 is 0 Å². The van der Waals surface area contributed by atoms with Crippen LogP contribution in [0.15, 0.2) is 58.7 Å². The summed E-state index contributed by atoms with van der Waals surface area (Å²) in [6, 6.07) is 15.3. The number of nitrogens with zero attached hydrogens (tertiary/aromatic N) is 1. The summed E-state index contributed by atoms with van der Waals surface area (Å²) < 4.78 is 0.948. The van der Waals surface area contributed by atoms with Gasteiger partial charge in [0.15, 0.2) is 0 Å². The molecule has 0 bridgehead atoms. The molecule has 3 heterocycles. The maximum Gasteiger partial charge on any atom is 0.257 e. The minimum atomic E-state index is -0.190. The summed E-state index contributed by atoms with van der Waals surface area (Å²) in [6.07, 6.45) is 0. The summed E-state index contributed by atoms with van der Waals surface area (Å²) >= 11 is 3.55. The molecule has 30 heavy (non-hydrogen) atoms. The molecule has 1 fully saturated rings. The van der Waals surface area contributed by atoms with E-state index in [0.29, 0.717) is 16.5 Å². The second-order valence-corrected chi connectivity index (χ2v) is 9.56. The Morgan fingerprint density at radius 3 is 2.63 bits per heavy atom. The van der Waals surface area contributed by atoms with Gasteiger partial charge in [-0.3, -0.25) is 14.5 Å². The first-order valence-electron chi connectivity index (χ1n) is 9.91. The number of thioether (sulfide) groups is 1. The first kappa shape index (κ1) is 19.4. The van der Waals surface area contributed by atoms with Crippen LogP contribution in [0.1, 0.15) is 15.9 Å². The van der Waals surface area contributed by atoms with E-state index in [-0.39, 0.29) is 11.5 Å². The van der Waals surface area contributed by atoms with Crippen molar-refractivity contribution >= 4 is 55.7 Å². The van der Waals surface area contributed by atoms with Crippen molar-refractivity contribution in [2.45, 2.75) is 6.54 Å². The Balaban J connectivity index is 1.32. The fraction of sp³-hybridized carbons (Fsp3) is 0.217. The van der Waals surface area contributed by atoms with Gasteiger partial charge in [0.25, 0.3) is 11.5 Å². The summed E-state index contributed by atoms with van der Waals surface area (Å²) in [7, 11) is 0. The number of H-pyrrole nitrogens is 1. The maximum atomic E-state index is 12.7. The molecule has 4 aromatic rings. The van der Waals surface area contributed by atoms with Crippen molar-refractivity contribution < 1.29 is 4.79 Å². The third kappa shape index (κ3) is 3.88. The maximum absolute atomic E-state index is 12.7. The van der Waals surface area contributed by atoms with Gasteiger partial charge in [-0.15, -0.1) is 11.3 Å². The first-order chi connectivity index (χ1) is 14.7. The molecule has 0 unspecified atom stereocenters. The molecule has 0 aliphatic carbocycles. The predicted octanol–water partition coefficient (Wildman–Crippen LogP) is 4.54. The number of amides is 1. The molecule has 7 heteroatoms. The number of fused-ring (bicyclic) bond motifs is 3. The summed E-state index contributed by atoms with van der Waals surface area (Å²) in [5, 5.41) is 6.51. The van der Waals surface area contributed by atoms with Crippen LogP contribution in [0.4, 0.5) is 5.69 Å². The molecule has 0 radical (unpaired) electrons. The highest BCUT2D eigenvalue weighted by atomic mass is 32.2. The molecule has 2 aromatic carbocycles. The zero-order valence-corrected chi connectivity index (χ0v) is 17.9. The van der Waals surface area contributed by atoms with Gasteiger partial charge in [0, 0.05) is 52.5 Å². The van der Waals surface area contributed by atoms with E-state index in [0.717, 1.165) is 35.4 Å². The monoisotopic (exact) mass is 435 g/mol. The van der Waals surface area contributed by atoms with Gasteiger partial charge < -0.3 is 10.3 Å². The van der Waals surface area contributed by atoms with Crippen LogP contribution in [0.5, 0.6) is 0 Å². The van der Waals surface area contributed by atoms with Gasteiger partial charge in [-0.05, 0) is 41.3 Å². The number of aromatic amines is 1. The highest BCUT2D eigenvalue weighted by molar-refractivity contribution is 7.99. The number of thiophene rings is 1. The second kappa shape index (κ2) is 8.26. The van der Waals surface area contributed by atoms with E-state index >= 15 is 0 Å². The normalized spacial score (nSPS) is 14.9. The molecule has 1 saturated heterocycles. The van der Waals surface area contributed by atoms with Crippen molar-refractivity contribution in [2.75, 3.05) is 29.9 Å². The Morgan fingerprint density at radius 2 is 1.83 bits per heavy atom. The Bertz CT molecular complexity index is 1270. The van der Waals surface area contributed by atoms with E-state index < -0.39 is 0 Å². The molecule has 1 aliphatic rings. The minimum Gasteiger partial charge on any atom is -0.322 e. The van der Waals surface area contributed by atoms with Gasteiger partial charge in [-0.1, -0.05) is 18.2 Å². The number of anilines is 1. The number of carbonyl (C=O) groups excluding carboxylic acids is 1. The van der Waals surface area contributed by atoms with E-state index in [1.54, 1.807) is 12.1 Å². The average molecular weight is 436 g/mol. The standard InChI is InChI=1S/C23H21N3O2S2/c27-22(24-17-4-1-15(2-5-17)14-26-8-11-29-12-9-26)16-3-6-18-20(13-16)25-23(28)19-7-10-30-21(18)19/h1-7,10,13H,8-9,11-12,14H2,(H,24,27)(H,25,28). The lowest BCUT2D eigenvalue weighted by Crippen LogP contribution is -2.31. The molecule has 5 rings (SSSR count). The number of benzene rings is 2. The zero-order chi connectivity index (χ0) is 20.5. The van der Waals surface area contributed by atoms with Gasteiger partial charge in [0.05, 0.1) is 10.9 Å². The number of hydrogen-bond donors (Lipinski definition) is 2. The van der Waals surface area contributed by atoms with Crippen molar-refractivity contribution in [3.05, 3.63) is 75.4 Å². The molecular formula is C23H21N3O2S2. The van der Waals surface area contributed by atoms with Crippen LogP contribution >= 0.6 is 23.1 Å². The van der Waals surface area contributed by atoms with E-state index in [2.05, 4.69) is 27.3 Å². The second-order valence-electron chi connectivity index (χ2n) is 7.42. The number of aromatic nitrogens is 1. The van der Waals surface area contributed by atoms with Crippen molar-refractivity contribution in [3.63, 3.8) is 0 Å². The lowest BCUT2D eigenvalue weighted by Gasteiger charge is -2.26. The molecule has 0 atom stereocenters. The van der Waals surface area contributed by atoms with E-state index in [4.69, 9.17) is 0 Å². The number of pyridine rings is 1. The molecule has 2 N–H and O–H groups in total. The van der Waals surface area contributed by atoms with Crippen LogP contribution in [-0.4, -0.2) is 40.4 Å². The summed E-state index contributed by atoms with van der Waals surface area (Å²) in [5.74, 6) is 2.21. The molecule has 2 aromatic heterocycles. The lowest BCUT2D eigenvalue weighted by atomic mass is 10.1. The topological polar surface area (TPSA) is 65.2 Å². The van der Waals surface area contributed by atoms with Gasteiger partial charge in [-0.2, -0.15) is 11.8 Å². The molecule has 1 amide bonds. The quantitative estimate of drug-likeness (QED) is 0.494. The van der Waals surface area contributed by atoms with Crippen LogP contribution in [0.2, 0.25) is 0 Å². The fourth-order valence-corrected chi connectivity index (χ4v) is 5.70. The SMILES string of the molecule is O=C(Nc1ccc(CN2CCSCC2)cc1)c1ccc2c(c1)[nH]c(=O)c1ccsc12. The van der Waals surface area contributed by atoms with Crippen LogP contribution in [0.3, 0.4) is 0 Å². The van der Waals surface area contributed by atoms with Crippen LogP contribution in [0.25, 0.3) is 21.0 Å². The largest absolute Gasteiger partial charge is 0.322 e. The van der Waals surface area contributed by atoms with Crippen molar-refractivity contribution in [1.82, 2.24) is 9.88 Å². The molecule has 0 spiro atoms.